The Kier molecular flexibility index (Phi) is 6.04. The molecule has 1 amide bonds. The van der Waals surface area contributed by atoms with E-state index in [1.54, 1.807) is 35.8 Å². The quantitative estimate of drug-likeness (QED) is 0.255. The number of aromatic hydroxyl groups is 1. The average molecular weight is 552 g/mol. The molecule has 6 rings (SSSR count). The van der Waals surface area contributed by atoms with E-state index in [0.29, 0.717) is 29.8 Å². The molecule has 1 aliphatic rings. The molecular formula is C32H33N5O4. The first-order valence-corrected chi connectivity index (χ1v) is 13.6. The SMILES string of the molecule is Cc1cc2ncc3cc(-c4cccc(O)c4)c(-c4ccc(C5(NC(=O)OC(C)(C)C)CC(C)(O)C5)cc4)nc3n2n1. The number of aliphatic hydroxyl groups is 1. The Hall–Kier alpha value is -4.50. The molecule has 3 heterocycles. The summed E-state index contributed by atoms with van der Waals surface area (Å²) < 4.78 is 7.27. The van der Waals surface area contributed by atoms with Gasteiger partial charge in [-0.25, -0.2) is 14.8 Å². The Morgan fingerprint density at radius 2 is 1.78 bits per heavy atom. The fourth-order valence-electron chi connectivity index (χ4n) is 5.83. The standard InChI is InChI=1S/C32H33N5O4/c1-19-13-26-33-16-22-15-25(21-7-6-8-24(38)14-21)27(34-28(22)37(26)36-19)20-9-11-23(12-10-20)32(17-31(5,40)18-32)35-29(39)41-30(2,3)4/h6-16,38,40H,17-18H2,1-5H3,(H,35,39). The lowest BCUT2D eigenvalue weighted by Gasteiger charge is -2.52. The number of carbonyl (C=O) groups is 1. The predicted octanol–water partition coefficient (Wildman–Crippen LogP) is 5.89. The molecule has 0 radical (unpaired) electrons. The number of fused-ring (bicyclic) bond motifs is 3. The fourth-order valence-corrected chi connectivity index (χ4v) is 5.83. The van der Waals surface area contributed by atoms with Crippen LogP contribution in [0.25, 0.3) is 39.1 Å². The van der Waals surface area contributed by atoms with E-state index >= 15 is 0 Å². The van der Waals surface area contributed by atoms with Crippen LogP contribution in [0.15, 0.2) is 66.9 Å². The molecule has 1 saturated carbocycles. The van der Waals surface area contributed by atoms with Crippen LogP contribution in [0.2, 0.25) is 0 Å². The third kappa shape index (κ3) is 5.09. The van der Waals surface area contributed by atoms with Crippen molar-refractivity contribution in [1.29, 1.82) is 0 Å². The van der Waals surface area contributed by atoms with E-state index in [2.05, 4.69) is 15.4 Å². The van der Waals surface area contributed by atoms with E-state index in [1.165, 1.54) is 0 Å². The minimum atomic E-state index is -0.891. The highest BCUT2D eigenvalue weighted by Gasteiger charge is 2.53. The lowest BCUT2D eigenvalue weighted by atomic mass is 9.62. The molecule has 9 nitrogen and oxygen atoms in total. The number of carbonyl (C=O) groups excluding carboxylic acids is 1. The summed E-state index contributed by atoms with van der Waals surface area (Å²) in [6.45, 7) is 9.14. The van der Waals surface area contributed by atoms with Gasteiger partial charge in [-0.3, -0.25) is 0 Å². The van der Waals surface area contributed by atoms with E-state index < -0.39 is 22.8 Å². The summed E-state index contributed by atoms with van der Waals surface area (Å²) >= 11 is 0. The number of phenols is 1. The number of hydrogen-bond acceptors (Lipinski definition) is 7. The molecule has 3 N–H and O–H groups in total. The summed E-state index contributed by atoms with van der Waals surface area (Å²) in [6, 6.07) is 18.8. The highest BCUT2D eigenvalue weighted by Crippen LogP contribution is 2.49. The molecule has 1 fully saturated rings. The second kappa shape index (κ2) is 9.27. The molecular weight excluding hydrogens is 518 g/mol. The normalized spacial score (nSPS) is 20.6. The Morgan fingerprint density at radius 3 is 2.44 bits per heavy atom. The van der Waals surface area contributed by atoms with Crippen molar-refractivity contribution in [2.24, 2.45) is 0 Å². The summed E-state index contributed by atoms with van der Waals surface area (Å²) in [6.07, 6.45) is 1.99. The van der Waals surface area contributed by atoms with Crippen LogP contribution < -0.4 is 5.32 Å². The molecule has 9 heteroatoms. The van der Waals surface area contributed by atoms with E-state index in [0.717, 1.165) is 33.3 Å². The molecule has 1 aliphatic carbocycles. The van der Waals surface area contributed by atoms with Gasteiger partial charge in [0.05, 0.1) is 22.5 Å². The van der Waals surface area contributed by atoms with Gasteiger partial charge >= 0.3 is 6.09 Å². The third-order valence-electron chi connectivity index (χ3n) is 7.35. The van der Waals surface area contributed by atoms with Gasteiger partial charge in [0.1, 0.15) is 11.4 Å². The van der Waals surface area contributed by atoms with Gasteiger partial charge in [0.15, 0.2) is 11.3 Å². The van der Waals surface area contributed by atoms with E-state index in [-0.39, 0.29) is 5.75 Å². The van der Waals surface area contributed by atoms with Crippen molar-refractivity contribution in [3.05, 3.63) is 78.1 Å². The molecule has 0 atom stereocenters. The Morgan fingerprint density at radius 1 is 1.05 bits per heavy atom. The highest BCUT2D eigenvalue weighted by atomic mass is 16.6. The molecule has 5 aromatic rings. The van der Waals surface area contributed by atoms with Crippen LogP contribution in [0.3, 0.4) is 0 Å². The van der Waals surface area contributed by atoms with Gasteiger partial charge in [-0.1, -0.05) is 36.4 Å². The minimum Gasteiger partial charge on any atom is -0.508 e. The molecule has 41 heavy (non-hydrogen) atoms. The number of aryl methyl sites for hydroxylation is 1. The van der Waals surface area contributed by atoms with Crippen molar-refractivity contribution in [2.45, 2.75) is 64.2 Å². The molecule has 210 valence electrons. The lowest BCUT2D eigenvalue weighted by Crippen LogP contribution is -2.62. The van der Waals surface area contributed by atoms with Crippen molar-refractivity contribution in [3.63, 3.8) is 0 Å². The molecule has 2 aromatic carbocycles. The number of rotatable bonds is 4. The van der Waals surface area contributed by atoms with Gasteiger partial charge in [0.25, 0.3) is 0 Å². The molecule has 0 saturated heterocycles. The maximum absolute atomic E-state index is 12.7. The number of nitrogens with one attached hydrogen (secondary N) is 1. The number of hydrogen-bond donors (Lipinski definition) is 3. The number of phenolic OH excluding ortho intramolecular Hbond substituents is 1. The van der Waals surface area contributed by atoms with Gasteiger partial charge in [0, 0.05) is 41.6 Å². The number of nitrogens with zero attached hydrogens (tertiary/aromatic N) is 4. The Bertz CT molecular complexity index is 1790. The number of aromatic nitrogens is 4. The molecule has 3 aromatic heterocycles. The Labute approximate surface area is 237 Å². The van der Waals surface area contributed by atoms with E-state index in [4.69, 9.17) is 9.72 Å². The zero-order valence-electron chi connectivity index (χ0n) is 23.8. The monoisotopic (exact) mass is 551 g/mol. The van der Waals surface area contributed by atoms with Crippen LogP contribution in [0.5, 0.6) is 5.75 Å². The maximum atomic E-state index is 12.7. The zero-order valence-corrected chi connectivity index (χ0v) is 23.8. The first-order valence-electron chi connectivity index (χ1n) is 13.6. The largest absolute Gasteiger partial charge is 0.508 e. The smallest absolute Gasteiger partial charge is 0.408 e. The van der Waals surface area contributed by atoms with Crippen molar-refractivity contribution < 1.29 is 19.7 Å². The maximum Gasteiger partial charge on any atom is 0.408 e. The first-order chi connectivity index (χ1) is 19.3. The van der Waals surface area contributed by atoms with Crippen molar-refractivity contribution in [2.75, 3.05) is 0 Å². The number of alkyl carbamates (subject to hydrolysis) is 1. The third-order valence-corrected chi connectivity index (χ3v) is 7.35. The van der Waals surface area contributed by atoms with Crippen LogP contribution in [-0.2, 0) is 10.3 Å². The predicted molar refractivity (Wildman–Crippen MR) is 156 cm³/mol. The van der Waals surface area contributed by atoms with Crippen molar-refractivity contribution in [3.8, 4) is 28.1 Å². The summed E-state index contributed by atoms with van der Waals surface area (Å²) in [5, 5.41) is 29.3. The molecule has 0 aliphatic heterocycles. The number of amides is 1. The molecule has 0 unspecified atom stereocenters. The van der Waals surface area contributed by atoms with Crippen molar-refractivity contribution in [1.82, 2.24) is 24.9 Å². The fraction of sp³-hybridized carbons (Fsp3) is 0.312. The summed E-state index contributed by atoms with van der Waals surface area (Å²) in [4.78, 5) is 22.4. The van der Waals surface area contributed by atoms with Crippen LogP contribution in [0.4, 0.5) is 4.79 Å². The summed E-state index contributed by atoms with van der Waals surface area (Å²) in [5.74, 6) is 0.160. The van der Waals surface area contributed by atoms with Gasteiger partial charge in [-0.15, -0.1) is 0 Å². The van der Waals surface area contributed by atoms with Gasteiger partial charge in [-0.05, 0) is 63.9 Å². The zero-order chi connectivity index (χ0) is 29.2. The summed E-state index contributed by atoms with van der Waals surface area (Å²) in [7, 11) is 0. The molecule has 0 spiro atoms. The second-order valence-corrected chi connectivity index (χ2v) is 12.3. The van der Waals surface area contributed by atoms with Crippen LogP contribution in [0, 0.1) is 6.92 Å². The Balaban J connectivity index is 1.45. The number of ether oxygens (including phenoxy) is 1. The lowest BCUT2D eigenvalue weighted by molar-refractivity contribution is -0.0892. The summed E-state index contributed by atoms with van der Waals surface area (Å²) in [5.41, 5.74) is 4.02. The minimum absolute atomic E-state index is 0.160. The number of pyridine rings is 1. The van der Waals surface area contributed by atoms with Gasteiger partial charge in [-0.2, -0.15) is 9.61 Å². The van der Waals surface area contributed by atoms with Crippen molar-refractivity contribution >= 4 is 22.8 Å². The first kappa shape index (κ1) is 26.7. The molecule has 0 bridgehead atoms. The second-order valence-electron chi connectivity index (χ2n) is 12.3. The van der Waals surface area contributed by atoms with Crippen LogP contribution in [0.1, 0.15) is 51.8 Å². The van der Waals surface area contributed by atoms with Crippen LogP contribution >= 0.6 is 0 Å². The number of benzene rings is 2. The van der Waals surface area contributed by atoms with Gasteiger partial charge < -0.3 is 20.3 Å². The topological polar surface area (TPSA) is 122 Å². The highest BCUT2D eigenvalue weighted by molar-refractivity contribution is 5.91. The van der Waals surface area contributed by atoms with Crippen LogP contribution in [-0.4, -0.2) is 47.1 Å². The average Bonchev–Trinajstić information content (AvgIpc) is 3.26. The van der Waals surface area contributed by atoms with E-state index in [9.17, 15) is 15.0 Å². The van der Waals surface area contributed by atoms with Gasteiger partial charge in [0.2, 0.25) is 0 Å². The van der Waals surface area contributed by atoms with E-state index in [1.807, 2.05) is 70.2 Å².